The molecule has 0 aliphatic rings. The van der Waals surface area contributed by atoms with Crippen molar-refractivity contribution in [1.82, 2.24) is 0 Å². The van der Waals surface area contributed by atoms with Crippen molar-refractivity contribution in [3.05, 3.63) is 97.2 Å². The predicted molar refractivity (Wildman–Crippen MR) is 316 cm³/mol. The van der Waals surface area contributed by atoms with Crippen LogP contribution in [-0.4, -0.2) is 66.5 Å². The molecule has 0 radical (unpaired) electrons. The molecule has 0 aliphatic heterocycles. The highest BCUT2D eigenvalue weighted by atomic mass is 31.2. The van der Waals surface area contributed by atoms with Crippen molar-refractivity contribution in [3.63, 3.8) is 0 Å². The first kappa shape index (κ1) is 72.4. The second kappa shape index (κ2) is 57.6. The van der Waals surface area contributed by atoms with Crippen molar-refractivity contribution in [2.24, 2.45) is 0 Å². The lowest BCUT2D eigenvalue weighted by Crippen LogP contribution is -2.30. The number of carbonyl (C=O) groups is 3. The number of rotatable bonds is 55. The lowest BCUT2D eigenvalue weighted by molar-refractivity contribution is -0.161. The number of aliphatic hydroxyl groups is 1. The van der Waals surface area contributed by atoms with Gasteiger partial charge in [-0.2, -0.15) is 0 Å². The Labute approximate surface area is 463 Å². The standard InChI is InChI=1S/C64H109O11P/c1-4-7-10-13-16-19-22-25-28-30-33-35-38-41-44-47-50-53-62(66)71-57-61(75-64(68)55-52-49-46-43-40-37-34-31-29-26-23-20-17-14-11-8-5-2)59-73-76(69,70)72-58-60(56-65)74-63(67)54-51-48-45-42-39-36-32-27-24-21-18-15-12-9-6-3/h8-9,11-12,16-21,25-29,32,60-61,65H,4-7,10,13-15,22-24,30-31,33-59H2,1-3H3,(H,69,70)/b11-8-,12-9-,19-16-,20-17-,21-18-,28-25-,29-26-,32-27-. The minimum absolute atomic E-state index is 0.150. The van der Waals surface area contributed by atoms with Crippen LogP contribution in [0.5, 0.6) is 0 Å². The fourth-order valence-corrected chi connectivity index (χ4v) is 8.73. The first-order valence-electron chi connectivity index (χ1n) is 30.1. The van der Waals surface area contributed by atoms with E-state index in [-0.39, 0.29) is 25.9 Å². The Kier molecular flexibility index (Phi) is 54.8. The van der Waals surface area contributed by atoms with Crippen LogP contribution in [0.25, 0.3) is 0 Å². The van der Waals surface area contributed by atoms with Gasteiger partial charge in [0.1, 0.15) is 12.7 Å². The lowest BCUT2D eigenvalue weighted by Gasteiger charge is -2.21. The summed E-state index contributed by atoms with van der Waals surface area (Å²) in [7, 11) is -4.76. The second-order valence-corrected chi connectivity index (χ2v) is 21.2. The molecule has 3 atom stereocenters. The summed E-state index contributed by atoms with van der Waals surface area (Å²) in [4.78, 5) is 48.6. The molecule has 0 rings (SSSR count). The molecule has 0 fully saturated rings. The maximum Gasteiger partial charge on any atom is 0.472 e. The van der Waals surface area contributed by atoms with E-state index in [1.54, 1.807) is 0 Å². The first-order valence-corrected chi connectivity index (χ1v) is 31.6. The molecule has 0 saturated carbocycles. The fraction of sp³-hybridized carbons (Fsp3) is 0.703. The molecule has 0 saturated heterocycles. The molecule has 12 heteroatoms. The third-order valence-electron chi connectivity index (χ3n) is 12.5. The van der Waals surface area contributed by atoms with Crippen LogP contribution >= 0.6 is 7.82 Å². The van der Waals surface area contributed by atoms with Gasteiger partial charge in [-0.25, -0.2) is 4.57 Å². The fourth-order valence-electron chi connectivity index (χ4n) is 7.94. The average Bonchev–Trinajstić information content (AvgIpc) is 3.41. The second-order valence-electron chi connectivity index (χ2n) is 19.7. The Morgan fingerprint density at radius 1 is 0.382 bits per heavy atom. The summed E-state index contributed by atoms with van der Waals surface area (Å²) in [6.07, 6.45) is 67.8. The van der Waals surface area contributed by atoms with E-state index in [0.29, 0.717) is 19.3 Å². The molecular weight excluding hydrogens is 976 g/mol. The smallest absolute Gasteiger partial charge is 0.462 e. The Bertz CT molecular complexity index is 1640. The zero-order valence-corrected chi connectivity index (χ0v) is 49.1. The average molecular weight is 1090 g/mol. The van der Waals surface area contributed by atoms with Crippen molar-refractivity contribution in [1.29, 1.82) is 0 Å². The van der Waals surface area contributed by atoms with Crippen LogP contribution in [-0.2, 0) is 42.2 Å². The third kappa shape index (κ3) is 55.2. The zero-order valence-electron chi connectivity index (χ0n) is 48.2. The van der Waals surface area contributed by atoms with Crippen molar-refractivity contribution in [2.45, 2.75) is 264 Å². The summed E-state index contributed by atoms with van der Waals surface area (Å²) >= 11 is 0. The van der Waals surface area contributed by atoms with Gasteiger partial charge in [0.15, 0.2) is 6.10 Å². The highest BCUT2D eigenvalue weighted by Gasteiger charge is 2.28. The summed E-state index contributed by atoms with van der Waals surface area (Å²) in [6.45, 7) is 4.37. The zero-order chi connectivity index (χ0) is 55.5. The monoisotopic (exact) mass is 1080 g/mol. The van der Waals surface area contributed by atoms with Gasteiger partial charge in [-0.3, -0.25) is 23.4 Å². The number of phosphoric acid groups is 1. The summed E-state index contributed by atoms with van der Waals surface area (Å²) in [5.74, 6) is -1.50. The molecular formula is C64H109O11P. The summed E-state index contributed by atoms with van der Waals surface area (Å²) in [5.41, 5.74) is 0. The van der Waals surface area contributed by atoms with Crippen LogP contribution < -0.4 is 0 Å². The van der Waals surface area contributed by atoms with Crippen LogP contribution in [0.15, 0.2) is 97.2 Å². The Hall–Kier alpha value is -3.60. The minimum Gasteiger partial charge on any atom is -0.462 e. The SMILES string of the molecule is CC/C=C\C/C=C\C/C=C\CCCCCCCCCC(=O)OC(COC(=O)CCCCCCCCC/C=C\C/C=C\CCCCC)COP(=O)(O)OCC(CO)OC(=O)CCCCCCC/C=C\C/C=C\C/C=C\CC. The summed E-state index contributed by atoms with van der Waals surface area (Å²) in [5, 5.41) is 9.83. The maximum absolute atomic E-state index is 12.9. The van der Waals surface area contributed by atoms with E-state index in [1.807, 2.05) is 0 Å². The van der Waals surface area contributed by atoms with E-state index in [2.05, 4.69) is 118 Å². The predicted octanol–water partition coefficient (Wildman–Crippen LogP) is 18.0. The Morgan fingerprint density at radius 2 is 0.684 bits per heavy atom. The lowest BCUT2D eigenvalue weighted by atomic mass is 10.1. The summed E-state index contributed by atoms with van der Waals surface area (Å²) in [6, 6.07) is 0. The Morgan fingerprint density at radius 3 is 1.05 bits per heavy atom. The molecule has 0 heterocycles. The quantitative estimate of drug-likeness (QED) is 0.0197. The number of allylic oxidation sites excluding steroid dienone is 16. The number of hydrogen-bond donors (Lipinski definition) is 2. The van der Waals surface area contributed by atoms with Crippen molar-refractivity contribution in [2.75, 3.05) is 26.4 Å². The molecule has 2 N–H and O–H groups in total. The van der Waals surface area contributed by atoms with E-state index in [4.69, 9.17) is 23.3 Å². The normalized spacial score (nSPS) is 14.0. The minimum atomic E-state index is -4.76. The van der Waals surface area contributed by atoms with E-state index in [0.717, 1.165) is 148 Å². The number of ether oxygens (including phenoxy) is 3. The molecule has 0 amide bonds. The highest BCUT2D eigenvalue weighted by Crippen LogP contribution is 2.43. The number of unbranched alkanes of at least 4 members (excludes halogenated alkanes) is 22. The molecule has 0 aromatic heterocycles. The van der Waals surface area contributed by atoms with Crippen molar-refractivity contribution >= 4 is 25.7 Å². The van der Waals surface area contributed by atoms with Crippen LogP contribution in [0.2, 0.25) is 0 Å². The van der Waals surface area contributed by atoms with Gasteiger partial charge in [0, 0.05) is 19.3 Å². The molecule has 436 valence electrons. The first-order chi connectivity index (χ1) is 37.2. The number of esters is 3. The van der Waals surface area contributed by atoms with Gasteiger partial charge < -0.3 is 24.2 Å². The molecule has 0 spiro atoms. The number of carbonyl (C=O) groups excluding carboxylic acids is 3. The van der Waals surface area contributed by atoms with E-state index in [1.165, 1.54) is 44.9 Å². The molecule has 0 aromatic rings. The number of hydrogen-bond acceptors (Lipinski definition) is 10. The largest absolute Gasteiger partial charge is 0.472 e. The van der Waals surface area contributed by atoms with Gasteiger partial charge in [-0.05, 0) is 116 Å². The van der Waals surface area contributed by atoms with Gasteiger partial charge in [0.05, 0.1) is 19.8 Å². The van der Waals surface area contributed by atoms with Gasteiger partial charge >= 0.3 is 25.7 Å². The van der Waals surface area contributed by atoms with Gasteiger partial charge in [0.2, 0.25) is 0 Å². The third-order valence-corrected chi connectivity index (χ3v) is 13.4. The molecule has 0 aromatic carbocycles. The van der Waals surface area contributed by atoms with E-state index < -0.39 is 57.8 Å². The van der Waals surface area contributed by atoms with Crippen LogP contribution in [0.3, 0.4) is 0 Å². The number of phosphoric ester groups is 1. The van der Waals surface area contributed by atoms with Gasteiger partial charge in [0.25, 0.3) is 0 Å². The van der Waals surface area contributed by atoms with Crippen LogP contribution in [0.4, 0.5) is 0 Å². The van der Waals surface area contributed by atoms with Crippen molar-refractivity contribution in [3.8, 4) is 0 Å². The topological polar surface area (TPSA) is 155 Å². The Balaban J connectivity index is 4.76. The molecule has 0 aliphatic carbocycles. The molecule has 0 bridgehead atoms. The number of aliphatic hydroxyl groups excluding tert-OH is 1. The summed E-state index contributed by atoms with van der Waals surface area (Å²) < 4.78 is 39.6. The van der Waals surface area contributed by atoms with Crippen molar-refractivity contribution < 1.29 is 52.2 Å². The van der Waals surface area contributed by atoms with E-state index >= 15 is 0 Å². The molecule has 3 unspecified atom stereocenters. The maximum atomic E-state index is 12.9. The molecule has 11 nitrogen and oxygen atoms in total. The molecule has 76 heavy (non-hydrogen) atoms. The van der Waals surface area contributed by atoms with Crippen LogP contribution in [0.1, 0.15) is 252 Å². The van der Waals surface area contributed by atoms with Gasteiger partial charge in [-0.1, -0.05) is 214 Å². The van der Waals surface area contributed by atoms with E-state index in [9.17, 15) is 28.9 Å². The highest BCUT2D eigenvalue weighted by molar-refractivity contribution is 7.47. The van der Waals surface area contributed by atoms with Crippen LogP contribution in [0, 0.1) is 0 Å². The van der Waals surface area contributed by atoms with Gasteiger partial charge in [-0.15, -0.1) is 0 Å².